The smallest absolute Gasteiger partial charge is 0.238 e. The topological polar surface area (TPSA) is 48.5 Å². The fourth-order valence-electron chi connectivity index (χ4n) is 10.0. The minimum absolute atomic E-state index is 0.114. The third kappa shape index (κ3) is 6.94. The third-order valence-electron chi connectivity index (χ3n) is 13.3. The third-order valence-corrected chi connectivity index (χ3v) is 18.8. The molecule has 0 fully saturated rings. The van der Waals surface area contributed by atoms with Crippen LogP contribution in [-0.2, 0) is 0 Å². The van der Waals surface area contributed by atoms with Crippen LogP contribution in [-0.4, -0.2) is 32.2 Å². The number of rotatable bonds is 9. The normalized spacial score (nSPS) is 17.1. The summed E-state index contributed by atoms with van der Waals surface area (Å²) in [4.78, 5) is 14.4. The largest absolute Gasteiger partial charge is 0.309 e. The zero-order valence-corrected chi connectivity index (χ0v) is 40.8. The molecule has 0 atom stereocenters. The molecule has 4 aromatic heterocycles. The number of hydrogen-bond donors (Lipinski definition) is 0. The summed E-state index contributed by atoms with van der Waals surface area (Å²) in [6.07, 6.45) is 0. The summed E-state index contributed by atoms with van der Waals surface area (Å²) in [5.41, 5.74) is -5.01. The van der Waals surface area contributed by atoms with Gasteiger partial charge in [-0.05, 0) is 80.3 Å². The highest BCUT2D eigenvalue weighted by Gasteiger charge is 2.42. The number of para-hydroxylation sites is 5. The number of thiophene rings is 1. The van der Waals surface area contributed by atoms with Crippen LogP contribution in [0.5, 0.6) is 0 Å². The zero-order valence-electron chi connectivity index (χ0n) is 67.0. The molecule has 7 heteroatoms. The molecule has 4 heterocycles. The van der Waals surface area contributed by atoms with E-state index in [2.05, 4.69) is 0 Å². The molecule has 0 radical (unpaired) electrons. The van der Waals surface area contributed by atoms with Crippen LogP contribution < -0.4 is 20.7 Å². The second kappa shape index (κ2) is 17.8. The lowest BCUT2D eigenvalue weighted by Crippen LogP contribution is -2.74. The van der Waals surface area contributed by atoms with Crippen molar-refractivity contribution < 1.29 is 38.4 Å². The van der Waals surface area contributed by atoms with Gasteiger partial charge in [-0.2, -0.15) is 9.97 Å². The van der Waals surface area contributed by atoms with E-state index in [-0.39, 0.29) is 21.1 Å². The maximum Gasteiger partial charge on any atom is 0.238 e. The Labute approximate surface area is 483 Å². The Hall–Kier alpha value is -9.53. The molecule has 0 saturated heterocycles. The summed E-state index contributed by atoms with van der Waals surface area (Å²) in [6, 6.07) is 4.74. The van der Waals surface area contributed by atoms with Crippen molar-refractivity contribution in [3.8, 4) is 45.5 Å². The SMILES string of the molecule is [2H]c1c([2H])c([2H])c(-n2c3c([2H])c([2H])c([2H])c([2H])c3c3c([2H])c([2H])c([2H])c([2H])c32)c(-c2nc(-c3c([2H])c([2H])c([2H])c([Si](c4ccccc4)(c4ccccc4)c4c([2H])c([2H])c([2H])c(-c5ccc6c(c5)sc5ccccc56)c4[2H])c3[2H])nc(-n3c4c([2H])c([2H])c([2H])c([2H])c4c4c([2H])c([2H])c([2H])c([2H])c43)n2)c1[2H]. The van der Waals surface area contributed by atoms with Crippen molar-refractivity contribution in [3.63, 3.8) is 0 Å². The van der Waals surface area contributed by atoms with Crippen molar-refractivity contribution in [2.24, 2.45) is 0 Å². The molecular weight excluding hydrogens is 959 g/mol. The van der Waals surface area contributed by atoms with Gasteiger partial charge in [-0.15, -0.1) is 11.3 Å². The first-order valence-electron chi connectivity index (χ1n) is 37.5. The predicted octanol–water partition coefficient (Wildman–Crippen LogP) is 14.8. The van der Waals surface area contributed by atoms with E-state index in [0.29, 0.717) is 5.56 Å². The Balaban J connectivity index is 1.15. The van der Waals surface area contributed by atoms with Gasteiger partial charge in [0.15, 0.2) is 19.7 Å². The standard InChI is InChI=1S/C69H45N5SSi/c1-3-23-49(24-4-1)76(50-25-5-2-6-26-50,51-27-19-21-46(43-51)47-41-42-58-57-33-12-18-40-65(57)75-66(58)45-47)52-28-20-22-48(44-52)67-70-68(72-69(71-67)74-62-37-15-9-31-55(62)56-32-10-16-38-63(56)74)59-34-11-17-39-64(59)73-60-35-13-7-29-53(60)54-30-8-14-36-61(54)73/h1-45H/i7D,8D,9D,10D,11D,13D,14D,15D,16D,17D,19D,20D,21D,22D,27D,28D,29D,30D,31D,32D,34D,35D,36D,37D,38D,39D,43D,44D. The van der Waals surface area contributed by atoms with Gasteiger partial charge < -0.3 is 4.57 Å². The average Bonchev–Trinajstić information content (AvgIpc) is 1.23. The molecular formula is C69H45N5SSi. The lowest BCUT2D eigenvalue weighted by molar-refractivity contribution is 0.952. The Morgan fingerprint density at radius 3 is 1.49 bits per heavy atom. The average molecular weight is 1030 g/mol. The van der Waals surface area contributed by atoms with Gasteiger partial charge in [0.05, 0.1) is 66.1 Å². The molecule has 0 amide bonds. The highest BCUT2D eigenvalue weighted by molar-refractivity contribution is 7.25. The highest BCUT2D eigenvalue weighted by atomic mass is 32.1. The molecule has 0 spiro atoms. The summed E-state index contributed by atoms with van der Waals surface area (Å²) < 4.78 is 269. The minimum atomic E-state index is -5.05. The van der Waals surface area contributed by atoms with E-state index in [1.807, 2.05) is 30.3 Å². The first-order valence-corrected chi connectivity index (χ1v) is 26.3. The van der Waals surface area contributed by atoms with Crippen molar-refractivity contribution in [3.05, 3.63) is 272 Å². The number of nitrogens with zero attached hydrogens (tertiary/aromatic N) is 5. The van der Waals surface area contributed by atoms with E-state index in [9.17, 15) is 27.4 Å². The van der Waals surface area contributed by atoms with E-state index in [4.69, 9.17) is 25.9 Å². The van der Waals surface area contributed by atoms with E-state index >= 15 is 0 Å². The molecule has 76 heavy (non-hydrogen) atoms. The van der Waals surface area contributed by atoms with Gasteiger partial charge in [0.2, 0.25) is 5.95 Å². The Morgan fingerprint density at radius 1 is 0.355 bits per heavy atom. The molecule has 0 saturated carbocycles. The molecule has 5 nitrogen and oxygen atoms in total. The first-order chi connectivity index (χ1) is 49.3. The maximum atomic E-state index is 10.9. The summed E-state index contributed by atoms with van der Waals surface area (Å²) in [5.74, 6) is -2.89. The van der Waals surface area contributed by atoms with Gasteiger partial charge in [-0.25, -0.2) is 4.98 Å². The molecule has 0 bridgehead atoms. The lowest BCUT2D eigenvalue weighted by atomic mass is 10.0. The van der Waals surface area contributed by atoms with Gasteiger partial charge in [0.1, 0.15) is 0 Å². The molecule has 15 rings (SSSR count). The van der Waals surface area contributed by atoms with E-state index in [1.54, 1.807) is 72.8 Å². The van der Waals surface area contributed by atoms with Gasteiger partial charge in [-0.3, -0.25) is 4.57 Å². The van der Waals surface area contributed by atoms with Gasteiger partial charge >= 0.3 is 0 Å². The van der Waals surface area contributed by atoms with Crippen molar-refractivity contribution >= 4 is 104 Å². The van der Waals surface area contributed by atoms with Crippen molar-refractivity contribution in [2.45, 2.75) is 0 Å². The van der Waals surface area contributed by atoms with Crippen LogP contribution in [0.1, 0.15) is 38.4 Å². The van der Waals surface area contributed by atoms with E-state index in [0.717, 1.165) is 29.3 Å². The lowest BCUT2D eigenvalue weighted by Gasteiger charge is -2.35. The highest BCUT2D eigenvalue weighted by Crippen LogP contribution is 2.39. The van der Waals surface area contributed by atoms with Crippen LogP contribution in [0.15, 0.2) is 272 Å². The fraction of sp³-hybridized carbons (Fsp3) is 0. The molecule has 15 aromatic rings. The van der Waals surface area contributed by atoms with Gasteiger partial charge in [0, 0.05) is 52.8 Å². The summed E-state index contributed by atoms with van der Waals surface area (Å²) in [7, 11) is -5.05. The quantitative estimate of drug-likeness (QED) is 0.107. The molecule has 11 aromatic carbocycles. The Bertz CT molecular complexity index is 6230. The predicted molar refractivity (Wildman–Crippen MR) is 321 cm³/mol. The van der Waals surface area contributed by atoms with Crippen molar-refractivity contribution in [1.29, 1.82) is 0 Å². The summed E-state index contributed by atoms with van der Waals surface area (Å²) in [6.45, 7) is 0. The first kappa shape index (κ1) is 24.2. The zero-order chi connectivity index (χ0) is 74.5. The molecule has 356 valence electrons. The molecule has 0 N–H and O–H groups in total. The second-order valence-corrected chi connectivity index (χ2v) is 22.1. The monoisotopic (exact) mass is 1030 g/mol. The van der Waals surface area contributed by atoms with Gasteiger partial charge in [0.25, 0.3) is 0 Å². The minimum Gasteiger partial charge on any atom is -0.309 e. The molecule has 0 aliphatic heterocycles. The van der Waals surface area contributed by atoms with E-state index < -0.39 is 260 Å². The van der Waals surface area contributed by atoms with Crippen LogP contribution in [0.4, 0.5) is 0 Å². The maximum absolute atomic E-state index is 10.9. The van der Waals surface area contributed by atoms with Crippen LogP contribution in [0.25, 0.3) is 109 Å². The number of benzene rings is 11. The summed E-state index contributed by atoms with van der Waals surface area (Å²) >= 11 is 1.44. The summed E-state index contributed by atoms with van der Waals surface area (Å²) in [5, 5.41) is -0.574. The van der Waals surface area contributed by atoms with Crippen LogP contribution in [0.3, 0.4) is 0 Å². The second-order valence-electron chi connectivity index (χ2n) is 17.4. The Morgan fingerprint density at radius 2 is 0.855 bits per heavy atom. The van der Waals surface area contributed by atoms with Crippen molar-refractivity contribution in [2.75, 3.05) is 0 Å². The van der Waals surface area contributed by atoms with Crippen LogP contribution >= 0.6 is 11.3 Å². The molecule has 0 aliphatic carbocycles. The van der Waals surface area contributed by atoms with Crippen molar-refractivity contribution in [1.82, 2.24) is 24.1 Å². The van der Waals surface area contributed by atoms with Crippen LogP contribution in [0.2, 0.25) is 0 Å². The van der Waals surface area contributed by atoms with Crippen LogP contribution in [0, 0.1) is 0 Å². The Kier molecular flexibility index (Phi) is 5.69. The van der Waals surface area contributed by atoms with Gasteiger partial charge in [-0.1, -0.05) is 224 Å². The fourth-order valence-corrected chi connectivity index (χ4v) is 15.4. The number of fused-ring (bicyclic) bond motifs is 9. The number of aromatic nitrogens is 5. The number of hydrogen-bond acceptors (Lipinski definition) is 4. The van der Waals surface area contributed by atoms with E-state index in [1.165, 1.54) is 11.3 Å². The molecule has 0 unspecified atom stereocenters. The molecule has 0 aliphatic rings.